The fourth-order valence-corrected chi connectivity index (χ4v) is 3.39. The maximum absolute atomic E-state index is 12.4. The first kappa shape index (κ1) is 13.1. The van der Waals surface area contributed by atoms with Gasteiger partial charge in [0.1, 0.15) is 0 Å². The van der Waals surface area contributed by atoms with Crippen LogP contribution in [0.15, 0.2) is 41.1 Å². The molecule has 1 aromatic heterocycles. The van der Waals surface area contributed by atoms with Crippen molar-refractivity contribution < 1.29 is 19.1 Å². The van der Waals surface area contributed by atoms with Crippen LogP contribution in [0.3, 0.4) is 0 Å². The number of carbonyl (C=O) groups is 2. The minimum atomic E-state index is -0.755. The lowest BCUT2D eigenvalue weighted by molar-refractivity contribution is -0.147. The number of amides is 1. The molecule has 0 spiro atoms. The summed E-state index contributed by atoms with van der Waals surface area (Å²) < 4.78 is 5.33. The highest BCUT2D eigenvalue weighted by Crippen LogP contribution is 2.67. The fourth-order valence-electron chi connectivity index (χ4n) is 3.39. The minimum Gasteiger partial charge on any atom is -0.481 e. The van der Waals surface area contributed by atoms with Gasteiger partial charge in [0.2, 0.25) is 0 Å². The van der Waals surface area contributed by atoms with E-state index < -0.39 is 11.4 Å². The molecule has 6 heteroatoms. The van der Waals surface area contributed by atoms with Gasteiger partial charge in [0.15, 0.2) is 17.8 Å². The van der Waals surface area contributed by atoms with Crippen LogP contribution in [0.1, 0.15) is 23.3 Å². The summed E-state index contributed by atoms with van der Waals surface area (Å²) >= 11 is 0. The van der Waals surface area contributed by atoms with Gasteiger partial charge in [0.05, 0.1) is 5.41 Å². The maximum atomic E-state index is 12.4. The number of carbonyl (C=O) groups excluding carboxylic acids is 1. The molecule has 6 nitrogen and oxygen atoms in total. The molecule has 0 bridgehead atoms. The molecular weight excluding hydrogens is 284 g/mol. The van der Waals surface area contributed by atoms with Crippen molar-refractivity contribution >= 4 is 11.9 Å². The van der Waals surface area contributed by atoms with Crippen molar-refractivity contribution in [3.63, 3.8) is 0 Å². The molecule has 1 amide bonds. The number of oxazole rings is 1. The molecule has 2 aliphatic carbocycles. The Hall–Kier alpha value is -2.63. The third kappa shape index (κ3) is 1.76. The Kier molecular flexibility index (Phi) is 2.63. The number of aliphatic carboxylic acids is 1. The third-order valence-corrected chi connectivity index (χ3v) is 4.76. The first-order chi connectivity index (χ1) is 10.6. The lowest BCUT2D eigenvalue weighted by atomic mass is 9.80. The van der Waals surface area contributed by atoms with E-state index in [1.54, 1.807) is 0 Å². The van der Waals surface area contributed by atoms with Crippen LogP contribution in [0.25, 0.3) is 11.3 Å². The number of carboxylic acids is 1. The Balaban J connectivity index is 1.49. The SMILES string of the molecule is O=C(N[C@@H]1C[C@@]2(C(=O)O)C[C@@H]12)c1ncoc1-c1ccccc1. The van der Waals surface area contributed by atoms with Crippen LogP contribution in [0.5, 0.6) is 0 Å². The molecule has 2 aliphatic rings. The summed E-state index contributed by atoms with van der Waals surface area (Å²) in [6.07, 6.45) is 2.39. The molecular formula is C16H14N2O4. The number of rotatable bonds is 4. The average Bonchev–Trinajstić information content (AvgIpc) is 2.90. The van der Waals surface area contributed by atoms with Crippen LogP contribution in [-0.2, 0) is 4.79 Å². The highest BCUT2D eigenvalue weighted by atomic mass is 16.4. The monoisotopic (exact) mass is 298 g/mol. The van der Waals surface area contributed by atoms with Crippen molar-refractivity contribution in [3.05, 3.63) is 42.4 Å². The standard InChI is InChI=1S/C16H14N2O4/c19-14(18-11-7-16(15(20)21)6-10(11)16)12-13(22-8-17-12)9-4-2-1-3-5-9/h1-5,8,10-11H,6-7H2,(H,18,19)(H,20,21)/t10-,11+,16-/m0/s1. The van der Waals surface area contributed by atoms with Crippen LogP contribution in [0.4, 0.5) is 0 Å². The summed E-state index contributed by atoms with van der Waals surface area (Å²) in [7, 11) is 0. The Morgan fingerprint density at radius 3 is 2.68 bits per heavy atom. The van der Waals surface area contributed by atoms with Crippen LogP contribution in [-0.4, -0.2) is 28.0 Å². The van der Waals surface area contributed by atoms with E-state index in [-0.39, 0.29) is 23.6 Å². The van der Waals surface area contributed by atoms with E-state index in [4.69, 9.17) is 9.52 Å². The third-order valence-electron chi connectivity index (χ3n) is 4.76. The Morgan fingerprint density at radius 2 is 2.05 bits per heavy atom. The Bertz CT molecular complexity index is 755. The van der Waals surface area contributed by atoms with E-state index in [1.165, 1.54) is 6.39 Å². The smallest absolute Gasteiger partial charge is 0.310 e. The van der Waals surface area contributed by atoms with Gasteiger partial charge in [-0.25, -0.2) is 4.98 Å². The number of aromatic nitrogens is 1. The average molecular weight is 298 g/mol. The molecule has 0 unspecified atom stereocenters. The lowest BCUT2D eigenvalue weighted by Crippen LogP contribution is -2.48. The van der Waals surface area contributed by atoms with Crippen molar-refractivity contribution in [3.8, 4) is 11.3 Å². The van der Waals surface area contributed by atoms with Crippen LogP contribution < -0.4 is 5.32 Å². The van der Waals surface area contributed by atoms with Crippen molar-refractivity contribution in [1.82, 2.24) is 10.3 Å². The van der Waals surface area contributed by atoms with Gasteiger partial charge in [0.25, 0.3) is 5.91 Å². The van der Waals surface area contributed by atoms with Gasteiger partial charge >= 0.3 is 5.97 Å². The molecule has 2 saturated carbocycles. The zero-order chi connectivity index (χ0) is 15.3. The summed E-state index contributed by atoms with van der Waals surface area (Å²) in [5.74, 6) is -0.586. The zero-order valence-electron chi connectivity index (χ0n) is 11.7. The minimum absolute atomic E-state index is 0.0565. The largest absolute Gasteiger partial charge is 0.481 e. The zero-order valence-corrected chi connectivity index (χ0v) is 11.7. The quantitative estimate of drug-likeness (QED) is 0.899. The van der Waals surface area contributed by atoms with Crippen LogP contribution in [0.2, 0.25) is 0 Å². The maximum Gasteiger partial charge on any atom is 0.310 e. The molecule has 0 radical (unpaired) electrons. The van der Waals surface area contributed by atoms with Crippen molar-refractivity contribution in [2.45, 2.75) is 18.9 Å². The van der Waals surface area contributed by atoms with E-state index in [9.17, 15) is 9.59 Å². The van der Waals surface area contributed by atoms with Gasteiger partial charge in [-0.2, -0.15) is 0 Å². The van der Waals surface area contributed by atoms with Gasteiger partial charge in [-0.3, -0.25) is 9.59 Å². The van der Waals surface area contributed by atoms with Crippen molar-refractivity contribution in [1.29, 1.82) is 0 Å². The summed E-state index contributed by atoms with van der Waals surface area (Å²) in [5, 5.41) is 12.0. The van der Waals surface area contributed by atoms with E-state index in [0.717, 1.165) is 5.56 Å². The summed E-state index contributed by atoms with van der Waals surface area (Å²) in [4.78, 5) is 27.5. The topological polar surface area (TPSA) is 92.4 Å². The molecule has 0 saturated heterocycles. The van der Waals surface area contributed by atoms with Gasteiger partial charge in [-0.1, -0.05) is 30.3 Å². The lowest BCUT2D eigenvalue weighted by Gasteiger charge is -2.31. The van der Waals surface area contributed by atoms with E-state index in [0.29, 0.717) is 18.6 Å². The molecule has 1 aromatic carbocycles. The van der Waals surface area contributed by atoms with Gasteiger partial charge in [-0.05, 0) is 18.8 Å². The van der Waals surface area contributed by atoms with E-state index in [1.807, 2.05) is 30.3 Å². The second-order valence-electron chi connectivity index (χ2n) is 5.95. The highest BCUT2D eigenvalue weighted by Gasteiger charge is 2.72. The van der Waals surface area contributed by atoms with Gasteiger partial charge in [-0.15, -0.1) is 0 Å². The summed E-state index contributed by atoms with van der Waals surface area (Å²) in [5.41, 5.74) is 0.439. The number of hydrogen-bond acceptors (Lipinski definition) is 4. The second-order valence-corrected chi connectivity index (χ2v) is 5.95. The molecule has 4 rings (SSSR count). The number of fused-ring (bicyclic) bond motifs is 1. The molecule has 2 aromatic rings. The first-order valence-corrected chi connectivity index (χ1v) is 7.15. The Morgan fingerprint density at radius 1 is 1.27 bits per heavy atom. The molecule has 2 N–H and O–H groups in total. The second kappa shape index (κ2) is 4.43. The van der Waals surface area contributed by atoms with Gasteiger partial charge in [0, 0.05) is 11.6 Å². The van der Waals surface area contributed by atoms with E-state index in [2.05, 4.69) is 10.3 Å². The van der Waals surface area contributed by atoms with Crippen LogP contribution >= 0.6 is 0 Å². The number of carboxylic acid groups (broad SMARTS) is 1. The van der Waals surface area contributed by atoms with Crippen LogP contribution in [0, 0.1) is 11.3 Å². The highest BCUT2D eigenvalue weighted by molar-refractivity contribution is 5.98. The normalized spacial score (nSPS) is 28.4. The number of nitrogens with one attached hydrogen (secondary N) is 1. The predicted octanol–water partition coefficient (Wildman–Crippen LogP) is 1.93. The molecule has 2 fully saturated rings. The van der Waals surface area contributed by atoms with Gasteiger partial charge < -0.3 is 14.8 Å². The number of benzene rings is 1. The van der Waals surface area contributed by atoms with Crippen molar-refractivity contribution in [2.24, 2.45) is 11.3 Å². The molecule has 112 valence electrons. The summed E-state index contributed by atoms with van der Waals surface area (Å²) in [6.45, 7) is 0. The number of hydrogen-bond donors (Lipinski definition) is 2. The first-order valence-electron chi connectivity index (χ1n) is 7.15. The Labute approximate surface area is 126 Å². The molecule has 3 atom stereocenters. The predicted molar refractivity (Wildman–Crippen MR) is 76.0 cm³/mol. The molecule has 1 heterocycles. The van der Waals surface area contributed by atoms with Crippen molar-refractivity contribution in [2.75, 3.05) is 0 Å². The fraction of sp³-hybridized carbons (Fsp3) is 0.312. The molecule has 0 aliphatic heterocycles. The number of nitrogens with zero attached hydrogens (tertiary/aromatic N) is 1. The molecule has 22 heavy (non-hydrogen) atoms. The summed E-state index contributed by atoms with van der Waals surface area (Å²) in [6, 6.07) is 9.21. The van der Waals surface area contributed by atoms with E-state index >= 15 is 0 Å².